The molecule has 0 heterocycles. The number of carbonyl (C=O) groups is 1. The Hall–Kier alpha value is -2.10. The van der Waals surface area contributed by atoms with Crippen molar-refractivity contribution >= 4 is 24.3 Å². The Morgan fingerprint density at radius 2 is 1.88 bits per heavy atom. The largest absolute Gasteiger partial charge is 0.465 e. The second-order valence-electron chi connectivity index (χ2n) is 6.18. The first kappa shape index (κ1) is 20.2. The van der Waals surface area contributed by atoms with Crippen LogP contribution in [0.4, 0.5) is 0 Å². The molecule has 0 aliphatic carbocycles. The third kappa shape index (κ3) is 6.01. The van der Waals surface area contributed by atoms with Crippen molar-refractivity contribution in [2.24, 2.45) is 0 Å². The highest BCUT2D eigenvalue weighted by Gasteiger charge is 2.25. The maximum atomic E-state index is 13.3. The van der Waals surface area contributed by atoms with Gasteiger partial charge in [-0.05, 0) is 38.6 Å². The molecule has 0 bridgehead atoms. The quantitative estimate of drug-likeness (QED) is 0.383. The first-order chi connectivity index (χ1) is 12.4. The van der Waals surface area contributed by atoms with Gasteiger partial charge in [0.05, 0.1) is 12.8 Å². The molecule has 2 aromatic carbocycles. The summed E-state index contributed by atoms with van der Waals surface area (Å²) in [6.45, 7) is 5.85. The smallest absolute Gasteiger partial charge is 0.320 e. The number of esters is 1. The van der Waals surface area contributed by atoms with E-state index in [1.165, 1.54) is 0 Å². The Morgan fingerprint density at radius 1 is 1.15 bits per heavy atom. The lowest BCUT2D eigenvalue weighted by atomic mass is 10.1. The summed E-state index contributed by atoms with van der Waals surface area (Å²) in [7, 11) is -3.27. The number of carbonyl (C=O) groups excluding carboxylic acids is 1. The number of benzene rings is 2. The minimum absolute atomic E-state index is 0.148. The van der Waals surface area contributed by atoms with E-state index in [-0.39, 0.29) is 13.2 Å². The maximum absolute atomic E-state index is 13.3. The zero-order valence-electron chi connectivity index (χ0n) is 15.5. The van der Waals surface area contributed by atoms with Gasteiger partial charge in [0.1, 0.15) is 12.3 Å². The van der Waals surface area contributed by atoms with Crippen LogP contribution in [0.25, 0.3) is 10.8 Å². The normalized spacial score (nSPS) is 13.0. The van der Waals surface area contributed by atoms with Crippen LogP contribution in [0, 0.1) is 0 Å². The molecule has 140 valence electrons. The second kappa shape index (κ2) is 9.56. The SMILES string of the molecule is CCOC(=O)CNP(=O)(CCC=C(C)C)Oc1cccc2ccccc12. The summed E-state index contributed by atoms with van der Waals surface area (Å²) in [6, 6.07) is 13.4. The van der Waals surface area contributed by atoms with E-state index in [1.807, 2.05) is 56.3 Å². The first-order valence-electron chi connectivity index (χ1n) is 8.74. The molecule has 0 aromatic heterocycles. The van der Waals surface area contributed by atoms with Crippen LogP contribution in [-0.4, -0.2) is 25.3 Å². The number of nitrogens with one attached hydrogen (secondary N) is 1. The van der Waals surface area contributed by atoms with Gasteiger partial charge < -0.3 is 9.26 Å². The Bertz CT molecular complexity index is 822. The molecule has 1 atom stereocenters. The molecule has 1 unspecified atom stereocenters. The van der Waals surface area contributed by atoms with Crippen molar-refractivity contribution in [3.05, 3.63) is 54.1 Å². The van der Waals surface area contributed by atoms with E-state index in [2.05, 4.69) is 5.09 Å². The summed E-state index contributed by atoms with van der Waals surface area (Å²) in [5.41, 5.74) is 1.15. The van der Waals surface area contributed by atoms with Crippen LogP contribution in [0.2, 0.25) is 0 Å². The van der Waals surface area contributed by atoms with Gasteiger partial charge in [-0.15, -0.1) is 0 Å². The van der Waals surface area contributed by atoms with Crippen molar-refractivity contribution in [2.75, 3.05) is 19.3 Å². The molecule has 0 saturated heterocycles. The van der Waals surface area contributed by atoms with Gasteiger partial charge >= 0.3 is 13.5 Å². The lowest BCUT2D eigenvalue weighted by Crippen LogP contribution is -2.25. The van der Waals surface area contributed by atoms with Crippen molar-refractivity contribution in [2.45, 2.75) is 27.2 Å². The molecule has 26 heavy (non-hydrogen) atoms. The van der Waals surface area contributed by atoms with E-state index < -0.39 is 13.5 Å². The van der Waals surface area contributed by atoms with Crippen molar-refractivity contribution in [3.63, 3.8) is 0 Å². The fraction of sp³-hybridized carbons (Fsp3) is 0.350. The zero-order valence-corrected chi connectivity index (χ0v) is 16.4. The van der Waals surface area contributed by atoms with E-state index in [4.69, 9.17) is 9.26 Å². The third-order valence-corrected chi connectivity index (χ3v) is 5.72. The van der Waals surface area contributed by atoms with Crippen molar-refractivity contribution < 1.29 is 18.6 Å². The van der Waals surface area contributed by atoms with Gasteiger partial charge in [0.2, 0.25) is 0 Å². The fourth-order valence-corrected chi connectivity index (χ4v) is 4.14. The summed E-state index contributed by atoms with van der Waals surface area (Å²) in [4.78, 5) is 11.7. The molecule has 2 aromatic rings. The number of allylic oxidation sites excluding steroid dienone is 2. The molecule has 0 aliphatic rings. The minimum Gasteiger partial charge on any atom is -0.465 e. The zero-order chi connectivity index (χ0) is 19.0. The van der Waals surface area contributed by atoms with Crippen LogP contribution in [0.1, 0.15) is 27.2 Å². The Labute approximate surface area is 154 Å². The van der Waals surface area contributed by atoms with Crippen LogP contribution in [-0.2, 0) is 14.1 Å². The third-order valence-electron chi connectivity index (χ3n) is 3.74. The summed E-state index contributed by atoms with van der Waals surface area (Å²) in [5, 5.41) is 4.69. The van der Waals surface area contributed by atoms with Crippen LogP contribution in [0.15, 0.2) is 54.1 Å². The lowest BCUT2D eigenvalue weighted by Gasteiger charge is -2.21. The van der Waals surface area contributed by atoms with Gasteiger partial charge in [-0.3, -0.25) is 9.36 Å². The highest BCUT2D eigenvalue weighted by molar-refractivity contribution is 7.57. The molecule has 2 rings (SSSR count). The molecule has 0 aliphatic heterocycles. The number of ether oxygens (including phenoxy) is 1. The van der Waals surface area contributed by atoms with Crippen LogP contribution < -0.4 is 9.61 Å². The Kier molecular flexibility index (Phi) is 7.43. The Morgan fingerprint density at radius 3 is 2.62 bits per heavy atom. The van der Waals surface area contributed by atoms with E-state index in [1.54, 1.807) is 13.0 Å². The standard InChI is InChI=1S/C20H26NO4P/c1-4-24-20(22)15-21-26(23,14-8-9-16(2)3)25-19-13-7-11-17-10-5-6-12-18(17)19/h5-7,9-13H,4,8,14-15H2,1-3H3,(H,21,23). The van der Waals surface area contributed by atoms with Crippen molar-refractivity contribution in [1.29, 1.82) is 0 Å². The van der Waals surface area contributed by atoms with E-state index in [9.17, 15) is 9.36 Å². The van der Waals surface area contributed by atoms with Crippen molar-refractivity contribution in [3.8, 4) is 5.75 Å². The highest BCUT2D eigenvalue weighted by atomic mass is 31.2. The number of hydrogen-bond donors (Lipinski definition) is 1. The molecule has 0 fully saturated rings. The molecule has 0 spiro atoms. The number of hydrogen-bond acceptors (Lipinski definition) is 4. The predicted molar refractivity (Wildman–Crippen MR) is 106 cm³/mol. The molecular formula is C20H26NO4P. The number of rotatable bonds is 9. The Balaban J connectivity index is 2.22. The van der Waals surface area contributed by atoms with Gasteiger partial charge in [-0.1, -0.05) is 48.0 Å². The lowest BCUT2D eigenvalue weighted by molar-refractivity contribution is -0.141. The molecule has 5 nitrogen and oxygen atoms in total. The van der Waals surface area contributed by atoms with Gasteiger partial charge in [0.25, 0.3) is 0 Å². The molecule has 0 radical (unpaired) electrons. The molecule has 6 heteroatoms. The minimum atomic E-state index is -3.27. The van der Waals surface area contributed by atoms with Gasteiger partial charge in [0.15, 0.2) is 0 Å². The summed E-state index contributed by atoms with van der Waals surface area (Å²) in [6.07, 6.45) is 2.90. The molecular weight excluding hydrogens is 349 g/mol. The molecule has 0 amide bonds. The van der Waals surface area contributed by atoms with E-state index in [0.29, 0.717) is 18.3 Å². The highest BCUT2D eigenvalue weighted by Crippen LogP contribution is 2.45. The van der Waals surface area contributed by atoms with Crippen LogP contribution >= 0.6 is 7.52 Å². The van der Waals surface area contributed by atoms with E-state index in [0.717, 1.165) is 16.3 Å². The predicted octanol–water partition coefficient (Wildman–Crippen LogP) is 4.92. The monoisotopic (exact) mass is 375 g/mol. The average Bonchev–Trinajstić information content (AvgIpc) is 2.60. The summed E-state index contributed by atoms with van der Waals surface area (Å²) in [5.74, 6) is 0.0939. The molecule has 1 N–H and O–H groups in total. The van der Waals surface area contributed by atoms with Gasteiger partial charge in [0, 0.05) is 5.39 Å². The van der Waals surface area contributed by atoms with Gasteiger partial charge in [-0.2, -0.15) is 0 Å². The second-order valence-corrected chi connectivity index (χ2v) is 8.47. The number of fused-ring (bicyclic) bond motifs is 1. The summed E-state index contributed by atoms with van der Waals surface area (Å²) < 4.78 is 24.2. The van der Waals surface area contributed by atoms with E-state index >= 15 is 0 Å². The average molecular weight is 375 g/mol. The van der Waals surface area contributed by atoms with Gasteiger partial charge in [-0.25, -0.2) is 5.09 Å². The first-order valence-corrected chi connectivity index (χ1v) is 10.5. The maximum Gasteiger partial charge on any atom is 0.320 e. The molecule has 0 saturated carbocycles. The van der Waals surface area contributed by atoms with Crippen LogP contribution in [0.5, 0.6) is 5.75 Å². The summed E-state index contributed by atoms with van der Waals surface area (Å²) >= 11 is 0. The fourth-order valence-electron chi connectivity index (χ4n) is 2.51. The van der Waals surface area contributed by atoms with Crippen LogP contribution in [0.3, 0.4) is 0 Å². The topological polar surface area (TPSA) is 64.6 Å². The van der Waals surface area contributed by atoms with Crippen molar-refractivity contribution in [1.82, 2.24) is 5.09 Å².